The highest BCUT2D eigenvalue weighted by molar-refractivity contribution is 6.23. The zero-order valence-electron chi connectivity index (χ0n) is 18.8. The number of benzene rings is 5. The number of carbonyl (C=O) groups excluding carboxylic acids is 1. The normalized spacial score (nSPS) is 12.5. The summed E-state index contributed by atoms with van der Waals surface area (Å²) in [7, 11) is 0. The molecule has 0 fully saturated rings. The van der Waals surface area contributed by atoms with Gasteiger partial charge in [-0.1, -0.05) is 60.7 Å². The molecule has 0 aliphatic rings. The second-order valence-corrected chi connectivity index (χ2v) is 8.84. The van der Waals surface area contributed by atoms with Gasteiger partial charge in [0.1, 0.15) is 6.04 Å². The van der Waals surface area contributed by atoms with Gasteiger partial charge in [0.05, 0.1) is 6.61 Å². The molecule has 1 atom stereocenters. The lowest BCUT2D eigenvalue weighted by molar-refractivity contribution is -0.145. The van der Waals surface area contributed by atoms with Gasteiger partial charge in [0.15, 0.2) is 11.5 Å². The van der Waals surface area contributed by atoms with Crippen molar-refractivity contribution in [1.82, 2.24) is 0 Å². The van der Waals surface area contributed by atoms with Crippen molar-refractivity contribution in [2.75, 3.05) is 6.61 Å². The summed E-state index contributed by atoms with van der Waals surface area (Å²) in [6.45, 7) is 0.319. The maximum Gasteiger partial charge on any atom is 0.323 e. The van der Waals surface area contributed by atoms with Gasteiger partial charge in [0.2, 0.25) is 0 Å². The Labute approximate surface area is 197 Å². The highest BCUT2D eigenvalue weighted by Gasteiger charge is 2.16. The van der Waals surface area contributed by atoms with Crippen LogP contribution in [0.25, 0.3) is 32.3 Å². The molecule has 5 nitrogen and oxygen atoms in total. The topological polar surface area (TPSA) is 92.8 Å². The lowest BCUT2D eigenvalue weighted by atomic mass is 9.91. The zero-order valence-corrected chi connectivity index (χ0v) is 18.8. The molecule has 0 saturated carbocycles. The van der Waals surface area contributed by atoms with Gasteiger partial charge < -0.3 is 20.7 Å². The summed E-state index contributed by atoms with van der Waals surface area (Å²) in [4.78, 5) is 12.2. The van der Waals surface area contributed by atoms with Crippen LogP contribution < -0.4 is 5.73 Å². The van der Waals surface area contributed by atoms with Gasteiger partial charge >= 0.3 is 5.97 Å². The highest BCUT2D eigenvalue weighted by atomic mass is 16.5. The molecule has 0 aliphatic carbocycles. The minimum absolute atomic E-state index is 0.204. The second kappa shape index (κ2) is 9.20. The zero-order chi connectivity index (χ0) is 23.7. The Morgan fingerprint density at radius 1 is 0.824 bits per heavy atom. The number of aryl methyl sites for hydroxylation is 1. The van der Waals surface area contributed by atoms with Crippen molar-refractivity contribution in [1.29, 1.82) is 0 Å². The van der Waals surface area contributed by atoms with Crippen molar-refractivity contribution in [2.45, 2.75) is 31.7 Å². The van der Waals surface area contributed by atoms with E-state index in [1.807, 2.05) is 0 Å². The molecule has 0 spiro atoms. The van der Waals surface area contributed by atoms with E-state index in [-0.39, 0.29) is 17.9 Å². The van der Waals surface area contributed by atoms with Crippen LogP contribution in [0.3, 0.4) is 0 Å². The summed E-state index contributed by atoms with van der Waals surface area (Å²) in [6.07, 6.45) is 2.79. The molecule has 1 unspecified atom stereocenters. The van der Waals surface area contributed by atoms with Gasteiger partial charge in [-0.2, -0.15) is 0 Å². The van der Waals surface area contributed by atoms with E-state index in [1.165, 1.54) is 50.0 Å². The molecule has 0 aromatic heterocycles. The minimum Gasteiger partial charge on any atom is -0.504 e. The predicted molar refractivity (Wildman–Crippen MR) is 135 cm³/mol. The van der Waals surface area contributed by atoms with Crippen LogP contribution in [-0.4, -0.2) is 28.8 Å². The lowest BCUT2D eigenvalue weighted by Gasteiger charge is -2.14. The van der Waals surface area contributed by atoms with Crippen molar-refractivity contribution in [3.8, 4) is 11.5 Å². The van der Waals surface area contributed by atoms with Crippen LogP contribution >= 0.6 is 0 Å². The minimum atomic E-state index is -0.818. The SMILES string of the molecule is NC(Cc1ccc(O)c(O)c1)C(=O)OCCCCc1ccc2ccc3cccc4ccc1c2c34. The number of carbonyl (C=O) groups is 1. The number of hydrogen-bond donors (Lipinski definition) is 3. The molecule has 5 aromatic rings. The van der Waals surface area contributed by atoms with Crippen LogP contribution in [0.2, 0.25) is 0 Å². The van der Waals surface area contributed by atoms with E-state index in [4.69, 9.17) is 10.5 Å². The molecule has 172 valence electrons. The molecule has 0 amide bonds. The largest absolute Gasteiger partial charge is 0.504 e. The number of phenolic OH excluding ortho intramolecular Hbond substituents is 2. The van der Waals surface area contributed by atoms with Crippen molar-refractivity contribution >= 4 is 38.3 Å². The van der Waals surface area contributed by atoms with Crippen molar-refractivity contribution in [2.24, 2.45) is 5.73 Å². The molecule has 4 N–H and O–H groups in total. The van der Waals surface area contributed by atoms with Crippen LogP contribution in [0.15, 0.2) is 72.8 Å². The molecule has 5 heteroatoms. The number of phenols is 2. The Kier molecular flexibility index (Phi) is 5.95. The van der Waals surface area contributed by atoms with Crippen LogP contribution in [0.1, 0.15) is 24.0 Å². The summed E-state index contributed by atoms with van der Waals surface area (Å²) in [5.74, 6) is -0.898. The van der Waals surface area contributed by atoms with Gasteiger partial charge in [-0.3, -0.25) is 4.79 Å². The maximum atomic E-state index is 12.2. The molecule has 0 heterocycles. The standard InChI is InChI=1S/C29H27NO4/c30-24(16-18-7-14-25(31)26(32)17-18)29(33)34-15-2-1-4-19-8-9-22-11-10-20-5-3-6-21-12-13-23(19)28(22)27(20)21/h3,5-14,17,24,31-32H,1-2,4,15-16,30H2. The maximum absolute atomic E-state index is 12.2. The molecule has 0 bridgehead atoms. The van der Waals surface area contributed by atoms with E-state index in [2.05, 4.69) is 54.6 Å². The second-order valence-electron chi connectivity index (χ2n) is 8.84. The third-order valence-corrected chi connectivity index (χ3v) is 6.50. The summed E-state index contributed by atoms with van der Waals surface area (Å²) in [6, 6.07) is 23.2. The highest BCUT2D eigenvalue weighted by Crippen LogP contribution is 2.36. The first-order valence-corrected chi connectivity index (χ1v) is 11.6. The van der Waals surface area contributed by atoms with E-state index in [1.54, 1.807) is 6.07 Å². The van der Waals surface area contributed by atoms with Gasteiger partial charge in [-0.15, -0.1) is 0 Å². The number of unbranched alkanes of at least 4 members (excludes halogenated alkanes) is 1. The third-order valence-electron chi connectivity index (χ3n) is 6.50. The molecular weight excluding hydrogens is 426 g/mol. The molecule has 5 rings (SSSR count). The van der Waals surface area contributed by atoms with E-state index in [0.29, 0.717) is 12.2 Å². The van der Waals surface area contributed by atoms with E-state index >= 15 is 0 Å². The number of rotatable bonds is 8. The molecule has 0 aliphatic heterocycles. The average molecular weight is 454 g/mol. The van der Waals surface area contributed by atoms with E-state index in [0.717, 1.165) is 19.3 Å². The summed E-state index contributed by atoms with van der Waals surface area (Å²) >= 11 is 0. The lowest BCUT2D eigenvalue weighted by Crippen LogP contribution is -2.34. The first kappa shape index (κ1) is 22.0. The van der Waals surface area contributed by atoms with E-state index < -0.39 is 12.0 Å². The molecule has 0 saturated heterocycles. The average Bonchev–Trinajstić information content (AvgIpc) is 2.85. The van der Waals surface area contributed by atoms with Gasteiger partial charge in [0, 0.05) is 0 Å². The first-order chi connectivity index (χ1) is 16.5. The fourth-order valence-corrected chi connectivity index (χ4v) is 4.74. The van der Waals surface area contributed by atoms with Crippen LogP contribution in [-0.2, 0) is 22.4 Å². The molecule has 34 heavy (non-hydrogen) atoms. The summed E-state index contributed by atoms with van der Waals surface area (Å²) in [5.41, 5.74) is 7.93. The van der Waals surface area contributed by atoms with Crippen molar-refractivity contribution in [3.05, 3.63) is 83.9 Å². The number of aromatic hydroxyl groups is 2. The van der Waals surface area contributed by atoms with Crippen LogP contribution in [0.4, 0.5) is 0 Å². The molecular formula is C29H27NO4. The fraction of sp³-hybridized carbons (Fsp3) is 0.207. The summed E-state index contributed by atoms with van der Waals surface area (Å²) < 4.78 is 5.37. The van der Waals surface area contributed by atoms with Crippen LogP contribution in [0, 0.1) is 0 Å². The Bertz CT molecular complexity index is 1460. The Morgan fingerprint density at radius 2 is 1.53 bits per heavy atom. The third kappa shape index (κ3) is 4.22. The molecule has 0 radical (unpaired) electrons. The first-order valence-electron chi connectivity index (χ1n) is 11.6. The van der Waals surface area contributed by atoms with Crippen molar-refractivity contribution < 1.29 is 19.7 Å². The van der Waals surface area contributed by atoms with E-state index in [9.17, 15) is 15.0 Å². The quantitative estimate of drug-likeness (QED) is 0.126. The van der Waals surface area contributed by atoms with Gasteiger partial charge in [-0.25, -0.2) is 0 Å². The number of hydrogen-bond acceptors (Lipinski definition) is 5. The van der Waals surface area contributed by atoms with Crippen molar-refractivity contribution in [3.63, 3.8) is 0 Å². The van der Waals surface area contributed by atoms with Gasteiger partial charge in [0.25, 0.3) is 0 Å². The smallest absolute Gasteiger partial charge is 0.323 e. The van der Waals surface area contributed by atoms with Gasteiger partial charge in [-0.05, 0) is 81.3 Å². The Morgan fingerprint density at radius 3 is 2.29 bits per heavy atom. The number of esters is 1. The Hall–Kier alpha value is -3.83. The van der Waals surface area contributed by atoms with Crippen LogP contribution in [0.5, 0.6) is 11.5 Å². The monoisotopic (exact) mass is 453 g/mol. The Balaban J connectivity index is 1.18. The predicted octanol–water partition coefficient (Wildman–Crippen LogP) is 5.43. The number of nitrogens with two attached hydrogens (primary N) is 1. The fourth-order valence-electron chi connectivity index (χ4n) is 4.74. The molecule has 5 aromatic carbocycles. The number of ether oxygens (including phenoxy) is 1. The summed E-state index contributed by atoms with van der Waals surface area (Å²) in [5, 5.41) is 26.7.